The van der Waals surface area contributed by atoms with Crippen LogP contribution < -0.4 is 14.8 Å². The maximum atomic E-state index is 12.5. The van der Waals surface area contributed by atoms with Crippen LogP contribution in [0.1, 0.15) is 29.1 Å². The van der Waals surface area contributed by atoms with Crippen molar-refractivity contribution in [3.05, 3.63) is 46.9 Å². The summed E-state index contributed by atoms with van der Waals surface area (Å²) in [5.41, 5.74) is 0.405. The molecule has 2 aromatic rings. The number of likely N-dealkylation sites (N-methyl/N-ethyl adjacent to an activating group) is 1. The molecule has 1 heterocycles. The number of nitrogens with one attached hydrogen (secondary N) is 1. The van der Waals surface area contributed by atoms with Crippen molar-refractivity contribution in [1.82, 2.24) is 10.2 Å². The summed E-state index contributed by atoms with van der Waals surface area (Å²) < 4.78 is 16.2. The number of benzene rings is 1. The zero-order valence-electron chi connectivity index (χ0n) is 14.8. The van der Waals surface area contributed by atoms with Crippen LogP contribution >= 0.6 is 11.6 Å². The first-order chi connectivity index (χ1) is 12.0. The van der Waals surface area contributed by atoms with E-state index in [4.69, 9.17) is 25.5 Å². The van der Waals surface area contributed by atoms with Crippen LogP contribution in [0.3, 0.4) is 0 Å². The van der Waals surface area contributed by atoms with Crippen molar-refractivity contribution < 1.29 is 18.7 Å². The monoisotopic (exact) mass is 366 g/mol. The highest BCUT2D eigenvalue weighted by Gasteiger charge is 2.20. The molecular formula is C18H23ClN2O4. The first-order valence-corrected chi connectivity index (χ1v) is 8.34. The first kappa shape index (κ1) is 19.1. The molecule has 136 valence electrons. The van der Waals surface area contributed by atoms with Crippen LogP contribution in [0.2, 0.25) is 5.02 Å². The van der Waals surface area contributed by atoms with Crippen molar-refractivity contribution in [3.8, 4) is 11.5 Å². The highest BCUT2D eigenvalue weighted by atomic mass is 35.5. The minimum absolute atomic E-state index is 0.0704. The summed E-state index contributed by atoms with van der Waals surface area (Å²) in [7, 11) is 5.36. The minimum Gasteiger partial charge on any atom is -0.493 e. The summed E-state index contributed by atoms with van der Waals surface area (Å²) in [6.45, 7) is 2.70. The quantitative estimate of drug-likeness (QED) is 0.776. The molecule has 0 spiro atoms. The number of hydrogen-bond acceptors (Lipinski definition) is 5. The number of ether oxygens (including phenoxy) is 2. The number of amides is 1. The molecule has 0 fully saturated rings. The summed E-state index contributed by atoms with van der Waals surface area (Å²) in [5, 5.41) is 3.24. The van der Waals surface area contributed by atoms with Gasteiger partial charge >= 0.3 is 0 Å². The molecule has 2 rings (SSSR count). The van der Waals surface area contributed by atoms with Crippen molar-refractivity contribution in [2.24, 2.45) is 0 Å². The van der Waals surface area contributed by atoms with E-state index in [0.29, 0.717) is 35.2 Å². The van der Waals surface area contributed by atoms with Gasteiger partial charge in [-0.3, -0.25) is 9.69 Å². The number of hydrogen-bond donors (Lipinski definition) is 1. The summed E-state index contributed by atoms with van der Waals surface area (Å²) in [6, 6.07) is 6.82. The highest BCUT2D eigenvalue weighted by molar-refractivity contribution is 6.32. The van der Waals surface area contributed by atoms with E-state index in [1.807, 2.05) is 38.1 Å². The van der Waals surface area contributed by atoms with E-state index in [9.17, 15) is 4.79 Å². The van der Waals surface area contributed by atoms with Crippen LogP contribution in [0, 0.1) is 0 Å². The van der Waals surface area contributed by atoms with Gasteiger partial charge in [-0.15, -0.1) is 0 Å². The second-order valence-corrected chi connectivity index (χ2v) is 6.03. The Bertz CT molecular complexity index is 701. The molecule has 6 nitrogen and oxygen atoms in total. The van der Waals surface area contributed by atoms with Crippen LogP contribution in [0.4, 0.5) is 0 Å². The third kappa shape index (κ3) is 4.67. The van der Waals surface area contributed by atoms with Crippen LogP contribution in [0.25, 0.3) is 0 Å². The van der Waals surface area contributed by atoms with Gasteiger partial charge in [-0.1, -0.05) is 11.6 Å². The van der Waals surface area contributed by atoms with E-state index < -0.39 is 0 Å². The van der Waals surface area contributed by atoms with Crippen LogP contribution in [0.15, 0.2) is 34.9 Å². The van der Waals surface area contributed by atoms with Gasteiger partial charge in [0.05, 0.1) is 31.0 Å². The largest absolute Gasteiger partial charge is 0.493 e. The van der Waals surface area contributed by atoms with Gasteiger partial charge in [0.15, 0.2) is 11.5 Å². The van der Waals surface area contributed by atoms with Gasteiger partial charge in [0.1, 0.15) is 5.76 Å². The lowest BCUT2D eigenvalue weighted by Crippen LogP contribution is -2.34. The molecule has 0 bridgehead atoms. The van der Waals surface area contributed by atoms with E-state index in [-0.39, 0.29) is 11.9 Å². The zero-order chi connectivity index (χ0) is 18.4. The normalized spacial score (nSPS) is 12.1. The van der Waals surface area contributed by atoms with Gasteiger partial charge in [0.2, 0.25) is 0 Å². The van der Waals surface area contributed by atoms with Gasteiger partial charge < -0.3 is 19.2 Å². The Labute approximate surface area is 152 Å². The maximum Gasteiger partial charge on any atom is 0.251 e. The molecule has 0 saturated heterocycles. The summed E-state index contributed by atoms with van der Waals surface area (Å²) in [4.78, 5) is 14.5. The smallest absolute Gasteiger partial charge is 0.251 e. The lowest BCUT2D eigenvalue weighted by atomic mass is 10.1. The number of nitrogens with zero attached hydrogens (tertiary/aromatic N) is 1. The van der Waals surface area contributed by atoms with Crippen molar-refractivity contribution in [1.29, 1.82) is 0 Å². The number of carbonyl (C=O) groups excluding carboxylic acids is 1. The standard InChI is InChI=1S/C18H23ClN2O4/c1-5-24-17-13(19)9-12(10-16(17)23-4)18(22)20-11-14(21(2)3)15-7-6-8-25-15/h6-10,14H,5,11H2,1-4H3,(H,20,22)/t14-/m1/s1. The Balaban J connectivity index is 2.13. The first-order valence-electron chi connectivity index (χ1n) is 7.96. The molecule has 1 N–H and O–H groups in total. The second-order valence-electron chi connectivity index (χ2n) is 5.63. The molecule has 0 saturated carbocycles. The van der Waals surface area contributed by atoms with E-state index in [1.54, 1.807) is 18.4 Å². The van der Waals surface area contributed by atoms with Gasteiger partial charge in [-0.2, -0.15) is 0 Å². The number of carbonyl (C=O) groups is 1. The highest BCUT2D eigenvalue weighted by Crippen LogP contribution is 2.36. The third-order valence-electron chi connectivity index (χ3n) is 3.73. The van der Waals surface area contributed by atoms with E-state index in [2.05, 4.69) is 5.32 Å². The Morgan fingerprint density at radius 1 is 1.40 bits per heavy atom. The molecule has 1 aromatic heterocycles. The average molecular weight is 367 g/mol. The fourth-order valence-corrected chi connectivity index (χ4v) is 2.71. The fourth-order valence-electron chi connectivity index (χ4n) is 2.45. The molecule has 1 aromatic carbocycles. The van der Waals surface area contributed by atoms with Crippen LogP contribution in [-0.4, -0.2) is 45.2 Å². The summed E-state index contributed by atoms with van der Waals surface area (Å²) in [6.07, 6.45) is 1.62. The maximum absolute atomic E-state index is 12.5. The molecule has 1 atom stereocenters. The topological polar surface area (TPSA) is 63.9 Å². The van der Waals surface area contributed by atoms with E-state index in [0.717, 1.165) is 5.76 Å². The molecular weight excluding hydrogens is 344 g/mol. The molecule has 25 heavy (non-hydrogen) atoms. The lowest BCUT2D eigenvalue weighted by Gasteiger charge is -2.22. The van der Waals surface area contributed by atoms with Gasteiger partial charge in [-0.25, -0.2) is 0 Å². The number of furan rings is 1. The number of methoxy groups -OCH3 is 1. The summed E-state index contributed by atoms with van der Waals surface area (Å²) >= 11 is 6.22. The predicted molar refractivity (Wildman–Crippen MR) is 96.6 cm³/mol. The number of rotatable bonds is 8. The molecule has 0 aliphatic heterocycles. The molecule has 0 aliphatic rings. The van der Waals surface area contributed by atoms with Gasteiger partial charge in [0, 0.05) is 12.1 Å². The SMILES string of the molecule is CCOc1c(Cl)cc(C(=O)NC[C@H](c2ccco2)N(C)C)cc1OC. The molecule has 1 amide bonds. The zero-order valence-corrected chi connectivity index (χ0v) is 15.6. The molecule has 0 aliphatic carbocycles. The van der Waals surface area contributed by atoms with Crippen molar-refractivity contribution in [2.75, 3.05) is 34.4 Å². The minimum atomic E-state index is -0.248. The van der Waals surface area contributed by atoms with Crippen molar-refractivity contribution in [3.63, 3.8) is 0 Å². The van der Waals surface area contributed by atoms with Crippen LogP contribution in [0.5, 0.6) is 11.5 Å². The second kappa shape index (κ2) is 8.78. The van der Waals surface area contributed by atoms with Crippen LogP contribution in [-0.2, 0) is 0 Å². The molecule has 7 heteroatoms. The van der Waals surface area contributed by atoms with E-state index in [1.165, 1.54) is 7.11 Å². The Morgan fingerprint density at radius 3 is 2.72 bits per heavy atom. The Kier molecular flexibility index (Phi) is 6.73. The van der Waals surface area contributed by atoms with Gasteiger partial charge in [0.25, 0.3) is 5.91 Å². The fraction of sp³-hybridized carbons (Fsp3) is 0.389. The Morgan fingerprint density at radius 2 is 2.16 bits per heavy atom. The molecule has 0 unspecified atom stereocenters. The summed E-state index contributed by atoms with van der Waals surface area (Å²) in [5.74, 6) is 1.40. The Hall–Kier alpha value is -2.18. The van der Waals surface area contributed by atoms with Gasteiger partial charge in [-0.05, 0) is 45.3 Å². The average Bonchev–Trinajstić information content (AvgIpc) is 3.10. The third-order valence-corrected chi connectivity index (χ3v) is 4.01. The van der Waals surface area contributed by atoms with Crippen molar-refractivity contribution >= 4 is 17.5 Å². The molecule has 0 radical (unpaired) electrons. The number of halogens is 1. The lowest BCUT2D eigenvalue weighted by molar-refractivity contribution is 0.0938. The predicted octanol–water partition coefficient (Wildman–Crippen LogP) is 3.37. The van der Waals surface area contributed by atoms with E-state index >= 15 is 0 Å². The van der Waals surface area contributed by atoms with Crippen molar-refractivity contribution in [2.45, 2.75) is 13.0 Å².